The number of hydrogen-bond donors (Lipinski definition) is 0. The van der Waals surface area contributed by atoms with Crippen molar-refractivity contribution in [3.8, 4) is 0 Å². The third kappa shape index (κ3) is 3.89. The Kier molecular flexibility index (Phi) is 5.77. The number of methoxy groups -OCH3 is 1. The minimum Gasteiger partial charge on any atom is -0.359 e. The molecule has 3 rings (SSSR count). The summed E-state index contributed by atoms with van der Waals surface area (Å²) in [5.74, 6) is 0. The SMILES string of the molecule is COCOCN1CCOC12CCN(S(=O)(=O)c1ccc(C)cc1)CC2. The van der Waals surface area contributed by atoms with Crippen molar-refractivity contribution in [2.75, 3.05) is 46.9 Å². The van der Waals surface area contributed by atoms with Crippen LogP contribution in [0.5, 0.6) is 0 Å². The topological polar surface area (TPSA) is 68.3 Å². The van der Waals surface area contributed by atoms with Crippen LogP contribution >= 0.6 is 0 Å². The van der Waals surface area contributed by atoms with E-state index >= 15 is 0 Å². The lowest BCUT2D eigenvalue weighted by Crippen LogP contribution is -2.54. The summed E-state index contributed by atoms with van der Waals surface area (Å²) in [6.07, 6.45) is 1.27. The minimum atomic E-state index is -3.46. The van der Waals surface area contributed by atoms with Crippen molar-refractivity contribution in [1.82, 2.24) is 9.21 Å². The quantitative estimate of drug-likeness (QED) is 0.557. The largest absolute Gasteiger partial charge is 0.359 e. The van der Waals surface area contributed by atoms with E-state index in [0.29, 0.717) is 44.2 Å². The van der Waals surface area contributed by atoms with Crippen molar-refractivity contribution < 1.29 is 22.6 Å². The summed E-state index contributed by atoms with van der Waals surface area (Å²) in [5, 5.41) is 0. The van der Waals surface area contributed by atoms with Gasteiger partial charge in [-0.05, 0) is 19.1 Å². The van der Waals surface area contributed by atoms with Gasteiger partial charge in [0, 0.05) is 39.6 Å². The van der Waals surface area contributed by atoms with Crippen molar-refractivity contribution in [2.24, 2.45) is 0 Å². The molecule has 0 unspecified atom stereocenters. The highest BCUT2D eigenvalue weighted by Gasteiger charge is 2.46. The molecule has 2 heterocycles. The van der Waals surface area contributed by atoms with Gasteiger partial charge in [0.05, 0.1) is 11.5 Å². The zero-order chi connectivity index (χ0) is 17.9. The maximum absolute atomic E-state index is 12.8. The van der Waals surface area contributed by atoms with Crippen molar-refractivity contribution in [1.29, 1.82) is 0 Å². The minimum absolute atomic E-state index is 0.237. The molecular formula is C17H26N2O5S. The van der Waals surface area contributed by atoms with Crippen LogP contribution in [0.4, 0.5) is 0 Å². The number of rotatable bonds is 6. The number of benzene rings is 1. The van der Waals surface area contributed by atoms with Crippen molar-refractivity contribution in [3.05, 3.63) is 29.8 Å². The smallest absolute Gasteiger partial charge is 0.243 e. The predicted octanol–water partition coefficient (Wildman–Crippen LogP) is 1.39. The maximum Gasteiger partial charge on any atom is 0.243 e. The van der Waals surface area contributed by atoms with Gasteiger partial charge < -0.3 is 14.2 Å². The van der Waals surface area contributed by atoms with E-state index in [9.17, 15) is 8.42 Å². The normalized spacial score (nSPS) is 21.8. The summed E-state index contributed by atoms with van der Waals surface area (Å²) >= 11 is 0. The second-order valence-corrected chi connectivity index (χ2v) is 8.45. The van der Waals surface area contributed by atoms with Crippen molar-refractivity contribution in [3.63, 3.8) is 0 Å². The van der Waals surface area contributed by atoms with Crippen LogP contribution in [0.2, 0.25) is 0 Å². The van der Waals surface area contributed by atoms with Crippen LogP contribution in [0, 0.1) is 6.92 Å². The summed E-state index contributed by atoms with van der Waals surface area (Å²) in [6, 6.07) is 7.00. The monoisotopic (exact) mass is 370 g/mol. The fourth-order valence-electron chi connectivity index (χ4n) is 3.45. The Morgan fingerprint density at radius 3 is 2.48 bits per heavy atom. The first-order valence-electron chi connectivity index (χ1n) is 8.50. The van der Waals surface area contributed by atoms with Gasteiger partial charge in [-0.25, -0.2) is 13.3 Å². The molecule has 1 aromatic rings. The van der Waals surface area contributed by atoms with Gasteiger partial charge in [0.25, 0.3) is 0 Å². The lowest BCUT2D eigenvalue weighted by Gasteiger charge is -2.42. The molecule has 8 heteroatoms. The number of hydrogen-bond acceptors (Lipinski definition) is 6. The molecule has 0 N–H and O–H groups in total. The average Bonchev–Trinajstić information content (AvgIpc) is 2.98. The van der Waals surface area contributed by atoms with Crippen LogP contribution in [0.15, 0.2) is 29.2 Å². The van der Waals surface area contributed by atoms with Gasteiger partial charge in [-0.3, -0.25) is 0 Å². The number of nitrogens with zero attached hydrogens (tertiary/aromatic N) is 2. The molecule has 0 atom stereocenters. The molecule has 2 aliphatic rings. The lowest BCUT2D eigenvalue weighted by molar-refractivity contribution is -0.160. The fourth-order valence-corrected chi connectivity index (χ4v) is 4.89. The van der Waals surface area contributed by atoms with E-state index in [2.05, 4.69) is 4.90 Å². The van der Waals surface area contributed by atoms with Gasteiger partial charge in [0.15, 0.2) is 0 Å². The Labute approximate surface area is 149 Å². The lowest BCUT2D eigenvalue weighted by atomic mass is 10.0. The van der Waals surface area contributed by atoms with E-state index in [-0.39, 0.29) is 6.79 Å². The molecular weight excluding hydrogens is 344 g/mol. The van der Waals surface area contributed by atoms with Crippen LogP contribution < -0.4 is 0 Å². The first-order chi connectivity index (χ1) is 12.0. The highest BCUT2D eigenvalue weighted by molar-refractivity contribution is 7.89. The second-order valence-electron chi connectivity index (χ2n) is 6.51. The van der Waals surface area contributed by atoms with E-state index in [1.165, 1.54) is 0 Å². The third-order valence-electron chi connectivity index (χ3n) is 4.92. The van der Waals surface area contributed by atoms with E-state index in [1.807, 2.05) is 19.1 Å². The maximum atomic E-state index is 12.8. The van der Waals surface area contributed by atoms with Gasteiger partial charge in [0.1, 0.15) is 19.2 Å². The fraction of sp³-hybridized carbons (Fsp3) is 0.647. The van der Waals surface area contributed by atoms with E-state index in [4.69, 9.17) is 14.2 Å². The molecule has 25 heavy (non-hydrogen) atoms. The van der Waals surface area contributed by atoms with E-state index in [1.54, 1.807) is 23.5 Å². The van der Waals surface area contributed by atoms with Crippen LogP contribution in [-0.4, -0.2) is 70.2 Å². The Balaban J connectivity index is 1.65. The van der Waals surface area contributed by atoms with Crippen LogP contribution in [0.25, 0.3) is 0 Å². The molecule has 0 aliphatic carbocycles. The zero-order valence-corrected chi connectivity index (χ0v) is 15.6. The van der Waals surface area contributed by atoms with Gasteiger partial charge >= 0.3 is 0 Å². The standard InChI is InChI=1S/C17H26N2O5S/c1-15-3-5-16(6-4-15)25(20,21)19-9-7-17(8-10-19)18(11-12-24-17)13-23-14-22-2/h3-6H,7-14H2,1-2H3. The summed E-state index contributed by atoms with van der Waals surface area (Å²) < 4.78 is 43.6. The molecule has 0 amide bonds. The molecule has 2 aliphatic heterocycles. The zero-order valence-electron chi connectivity index (χ0n) is 14.8. The molecule has 1 aromatic carbocycles. The second kappa shape index (κ2) is 7.69. The molecule has 0 bridgehead atoms. The summed E-state index contributed by atoms with van der Waals surface area (Å²) in [7, 11) is -1.87. The van der Waals surface area contributed by atoms with Crippen molar-refractivity contribution >= 4 is 10.0 Å². The molecule has 7 nitrogen and oxygen atoms in total. The number of sulfonamides is 1. The Bertz CT molecular complexity index is 669. The first-order valence-corrected chi connectivity index (χ1v) is 9.94. The van der Waals surface area contributed by atoms with E-state index < -0.39 is 15.7 Å². The summed E-state index contributed by atoms with van der Waals surface area (Å²) in [4.78, 5) is 2.49. The molecule has 140 valence electrons. The molecule has 0 saturated carbocycles. The summed E-state index contributed by atoms with van der Waals surface area (Å²) in [5.41, 5.74) is 0.621. The van der Waals surface area contributed by atoms with Crippen LogP contribution in [-0.2, 0) is 24.2 Å². The number of piperidine rings is 1. The highest BCUT2D eigenvalue weighted by Crippen LogP contribution is 2.35. The molecule has 0 radical (unpaired) electrons. The predicted molar refractivity (Wildman–Crippen MR) is 92.4 cm³/mol. The van der Waals surface area contributed by atoms with Gasteiger partial charge in [-0.1, -0.05) is 17.7 Å². The molecule has 1 spiro atoms. The number of ether oxygens (including phenoxy) is 3. The van der Waals surface area contributed by atoms with Gasteiger partial charge in [0.2, 0.25) is 10.0 Å². The molecule has 2 saturated heterocycles. The van der Waals surface area contributed by atoms with Crippen LogP contribution in [0.1, 0.15) is 18.4 Å². The average molecular weight is 370 g/mol. The van der Waals surface area contributed by atoms with Crippen LogP contribution in [0.3, 0.4) is 0 Å². The third-order valence-corrected chi connectivity index (χ3v) is 6.83. The Hall–Kier alpha value is -1.03. The van der Waals surface area contributed by atoms with E-state index in [0.717, 1.165) is 12.1 Å². The Morgan fingerprint density at radius 1 is 1.16 bits per heavy atom. The highest BCUT2D eigenvalue weighted by atomic mass is 32.2. The van der Waals surface area contributed by atoms with Gasteiger partial charge in [-0.15, -0.1) is 0 Å². The van der Waals surface area contributed by atoms with Crippen molar-refractivity contribution in [2.45, 2.75) is 30.4 Å². The Morgan fingerprint density at radius 2 is 1.84 bits per heavy atom. The molecule has 0 aromatic heterocycles. The summed E-state index contributed by atoms with van der Waals surface area (Å²) in [6.45, 7) is 4.92. The molecule has 2 fully saturated rings. The van der Waals surface area contributed by atoms with Gasteiger partial charge in [-0.2, -0.15) is 4.31 Å². The first kappa shape index (κ1) is 18.8. The number of aryl methyl sites for hydroxylation is 1.